The standard InChI is InChI=1S/C10H13NO3S/c1-6(4-9(12)13)5-11-7(2)8(3)15-10(11)14/h4H,5H2,1-3H3,(H,12,13). The van der Waals surface area contributed by atoms with Gasteiger partial charge >= 0.3 is 10.8 Å². The first-order chi connectivity index (χ1) is 6.91. The lowest BCUT2D eigenvalue weighted by molar-refractivity contribution is -0.131. The number of carboxylic acid groups (broad SMARTS) is 1. The van der Waals surface area contributed by atoms with Crippen LogP contribution in [-0.4, -0.2) is 15.6 Å². The number of carbonyl (C=O) groups is 1. The molecule has 1 N–H and O–H groups in total. The van der Waals surface area contributed by atoms with Gasteiger partial charge in [-0.2, -0.15) is 0 Å². The Kier molecular flexibility index (Phi) is 3.47. The van der Waals surface area contributed by atoms with Crippen LogP contribution in [-0.2, 0) is 11.3 Å². The minimum atomic E-state index is -0.981. The molecule has 0 aliphatic rings. The molecule has 0 radical (unpaired) electrons. The predicted molar refractivity (Wildman–Crippen MR) is 59.4 cm³/mol. The van der Waals surface area contributed by atoms with E-state index in [4.69, 9.17) is 5.11 Å². The second kappa shape index (κ2) is 4.44. The van der Waals surface area contributed by atoms with Crippen molar-refractivity contribution >= 4 is 17.3 Å². The molecule has 0 amide bonds. The van der Waals surface area contributed by atoms with Crippen LogP contribution in [0.1, 0.15) is 17.5 Å². The highest BCUT2D eigenvalue weighted by atomic mass is 32.1. The molecule has 0 spiro atoms. The summed E-state index contributed by atoms with van der Waals surface area (Å²) in [6, 6.07) is 0. The first-order valence-corrected chi connectivity index (χ1v) is 5.30. The van der Waals surface area contributed by atoms with Crippen molar-refractivity contribution in [3.8, 4) is 0 Å². The molecule has 0 saturated carbocycles. The fourth-order valence-corrected chi connectivity index (χ4v) is 2.11. The molecule has 5 heteroatoms. The summed E-state index contributed by atoms with van der Waals surface area (Å²) < 4.78 is 1.59. The molecule has 0 aromatic carbocycles. The van der Waals surface area contributed by atoms with E-state index in [2.05, 4.69) is 0 Å². The van der Waals surface area contributed by atoms with Crippen LogP contribution in [0.15, 0.2) is 16.4 Å². The zero-order chi connectivity index (χ0) is 11.6. The van der Waals surface area contributed by atoms with Gasteiger partial charge in [0.15, 0.2) is 0 Å². The molecular weight excluding hydrogens is 214 g/mol. The van der Waals surface area contributed by atoms with Crippen molar-refractivity contribution in [2.24, 2.45) is 0 Å². The molecule has 1 heterocycles. The molecule has 1 rings (SSSR count). The topological polar surface area (TPSA) is 59.3 Å². The highest BCUT2D eigenvalue weighted by Crippen LogP contribution is 2.10. The van der Waals surface area contributed by atoms with Gasteiger partial charge < -0.3 is 5.11 Å². The number of thiazole rings is 1. The Labute approximate surface area is 91.5 Å². The number of hydrogen-bond donors (Lipinski definition) is 1. The maximum atomic E-state index is 11.5. The van der Waals surface area contributed by atoms with Crippen LogP contribution in [0.4, 0.5) is 0 Å². The minimum absolute atomic E-state index is 0.0388. The number of nitrogens with zero attached hydrogens (tertiary/aromatic N) is 1. The van der Waals surface area contributed by atoms with E-state index in [1.165, 1.54) is 11.3 Å². The average Bonchev–Trinajstić information content (AvgIpc) is 2.31. The molecule has 1 aromatic rings. The number of allylic oxidation sites excluding steroid dienone is 1. The number of aromatic nitrogens is 1. The fraction of sp³-hybridized carbons (Fsp3) is 0.400. The van der Waals surface area contributed by atoms with Crippen molar-refractivity contribution in [1.82, 2.24) is 4.57 Å². The molecule has 82 valence electrons. The van der Waals surface area contributed by atoms with E-state index in [9.17, 15) is 9.59 Å². The Balaban J connectivity index is 3.00. The van der Waals surface area contributed by atoms with Gasteiger partial charge in [0.25, 0.3) is 0 Å². The van der Waals surface area contributed by atoms with E-state index in [-0.39, 0.29) is 4.87 Å². The van der Waals surface area contributed by atoms with E-state index in [1.807, 2.05) is 13.8 Å². The molecule has 0 bridgehead atoms. The number of aryl methyl sites for hydroxylation is 1. The van der Waals surface area contributed by atoms with Crippen molar-refractivity contribution in [3.63, 3.8) is 0 Å². The average molecular weight is 227 g/mol. The van der Waals surface area contributed by atoms with Gasteiger partial charge in [0, 0.05) is 23.2 Å². The van der Waals surface area contributed by atoms with Crippen LogP contribution in [0.25, 0.3) is 0 Å². The fourth-order valence-electron chi connectivity index (χ4n) is 1.28. The van der Waals surface area contributed by atoms with Crippen LogP contribution in [0.5, 0.6) is 0 Å². The van der Waals surface area contributed by atoms with Gasteiger partial charge in [-0.05, 0) is 26.3 Å². The quantitative estimate of drug-likeness (QED) is 0.797. The SMILES string of the molecule is CC(=CC(=O)O)Cn1c(C)c(C)sc1=O. The molecule has 1 aromatic heterocycles. The molecule has 15 heavy (non-hydrogen) atoms. The van der Waals surface area contributed by atoms with Crippen LogP contribution in [0.3, 0.4) is 0 Å². The van der Waals surface area contributed by atoms with E-state index < -0.39 is 5.97 Å². The lowest BCUT2D eigenvalue weighted by Gasteiger charge is -2.04. The largest absolute Gasteiger partial charge is 0.478 e. The molecule has 0 fully saturated rings. The lowest BCUT2D eigenvalue weighted by Crippen LogP contribution is -2.15. The number of aliphatic carboxylic acids is 1. The van der Waals surface area contributed by atoms with Crippen molar-refractivity contribution < 1.29 is 9.90 Å². The van der Waals surface area contributed by atoms with Crippen LogP contribution >= 0.6 is 11.3 Å². The monoisotopic (exact) mass is 227 g/mol. The van der Waals surface area contributed by atoms with E-state index >= 15 is 0 Å². The second-order valence-electron chi connectivity index (χ2n) is 3.42. The van der Waals surface area contributed by atoms with Crippen molar-refractivity contribution in [1.29, 1.82) is 0 Å². The van der Waals surface area contributed by atoms with Gasteiger partial charge in [-0.3, -0.25) is 9.36 Å². The van der Waals surface area contributed by atoms with Crippen molar-refractivity contribution in [2.75, 3.05) is 0 Å². The first kappa shape index (κ1) is 11.7. The Morgan fingerprint density at radius 1 is 1.53 bits per heavy atom. The zero-order valence-corrected chi connectivity index (χ0v) is 9.72. The predicted octanol–water partition coefficient (Wildman–Crippen LogP) is 1.56. The summed E-state index contributed by atoms with van der Waals surface area (Å²) in [5.74, 6) is -0.981. The Hall–Kier alpha value is -1.36. The summed E-state index contributed by atoms with van der Waals surface area (Å²) in [5.41, 5.74) is 1.56. The van der Waals surface area contributed by atoms with E-state index in [0.29, 0.717) is 12.1 Å². The third kappa shape index (κ3) is 2.79. The summed E-state index contributed by atoms with van der Waals surface area (Å²) in [6.45, 7) is 5.80. The summed E-state index contributed by atoms with van der Waals surface area (Å²) in [5, 5.41) is 8.54. The van der Waals surface area contributed by atoms with Gasteiger partial charge in [-0.25, -0.2) is 4.79 Å². The van der Waals surface area contributed by atoms with E-state index in [0.717, 1.165) is 16.6 Å². The highest BCUT2D eigenvalue weighted by molar-refractivity contribution is 7.09. The van der Waals surface area contributed by atoms with Gasteiger partial charge in [-0.1, -0.05) is 11.3 Å². The van der Waals surface area contributed by atoms with Crippen LogP contribution in [0.2, 0.25) is 0 Å². The molecule has 0 unspecified atom stereocenters. The maximum Gasteiger partial charge on any atom is 0.328 e. The first-order valence-electron chi connectivity index (χ1n) is 4.48. The van der Waals surface area contributed by atoms with Gasteiger partial charge in [0.05, 0.1) is 0 Å². The third-order valence-corrected chi connectivity index (χ3v) is 3.15. The summed E-state index contributed by atoms with van der Waals surface area (Å²) in [6.07, 6.45) is 1.12. The summed E-state index contributed by atoms with van der Waals surface area (Å²) >= 11 is 1.19. The lowest BCUT2D eigenvalue weighted by atomic mass is 10.2. The smallest absolute Gasteiger partial charge is 0.328 e. The van der Waals surface area contributed by atoms with Gasteiger partial charge in [0.1, 0.15) is 0 Å². The molecule has 4 nitrogen and oxygen atoms in total. The Bertz CT molecular complexity index is 468. The maximum absolute atomic E-state index is 11.5. The molecule has 0 atom stereocenters. The molecule has 0 aliphatic carbocycles. The second-order valence-corrected chi connectivity index (χ2v) is 4.59. The summed E-state index contributed by atoms with van der Waals surface area (Å²) in [4.78, 5) is 22.8. The Morgan fingerprint density at radius 3 is 2.53 bits per heavy atom. The number of hydrogen-bond acceptors (Lipinski definition) is 3. The zero-order valence-electron chi connectivity index (χ0n) is 8.90. The number of rotatable bonds is 3. The third-order valence-electron chi connectivity index (χ3n) is 2.15. The van der Waals surface area contributed by atoms with Gasteiger partial charge in [-0.15, -0.1) is 0 Å². The normalized spacial score (nSPS) is 11.8. The van der Waals surface area contributed by atoms with Gasteiger partial charge in [0.2, 0.25) is 0 Å². The minimum Gasteiger partial charge on any atom is -0.478 e. The summed E-state index contributed by atoms with van der Waals surface area (Å²) in [7, 11) is 0. The Morgan fingerprint density at radius 2 is 2.13 bits per heavy atom. The van der Waals surface area contributed by atoms with Crippen LogP contribution in [0, 0.1) is 13.8 Å². The molecule has 0 saturated heterocycles. The number of carboxylic acids is 1. The van der Waals surface area contributed by atoms with Crippen molar-refractivity contribution in [2.45, 2.75) is 27.3 Å². The molecular formula is C10H13NO3S. The van der Waals surface area contributed by atoms with Crippen molar-refractivity contribution in [3.05, 3.63) is 31.9 Å². The van der Waals surface area contributed by atoms with E-state index in [1.54, 1.807) is 11.5 Å². The molecule has 0 aliphatic heterocycles. The van der Waals surface area contributed by atoms with Crippen LogP contribution < -0.4 is 4.87 Å². The highest BCUT2D eigenvalue weighted by Gasteiger charge is 2.07.